The Morgan fingerprint density at radius 2 is 2.38 bits per heavy atom. The fraction of sp³-hybridized carbons (Fsp3) is 0.643. The van der Waals surface area contributed by atoms with Crippen molar-refractivity contribution in [3.05, 3.63) is 22.4 Å². The van der Waals surface area contributed by atoms with Crippen LogP contribution in [0.2, 0.25) is 0 Å². The number of rotatable bonds is 7. The van der Waals surface area contributed by atoms with Crippen molar-refractivity contribution in [2.24, 2.45) is 10.7 Å². The van der Waals surface area contributed by atoms with Gasteiger partial charge in [0.15, 0.2) is 5.96 Å². The highest BCUT2D eigenvalue weighted by Gasteiger charge is 2.23. The molecule has 1 aliphatic rings. The number of hydrogen-bond acceptors (Lipinski definition) is 5. The smallest absolute Gasteiger partial charge is 0.188 e. The predicted octanol–water partition coefficient (Wildman–Crippen LogP) is 0.672. The Hall–Kier alpha value is -1.15. The second-order valence-electron chi connectivity index (χ2n) is 4.83. The lowest BCUT2D eigenvalue weighted by Crippen LogP contribution is -2.41. The molecule has 0 aromatic carbocycles. The summed E-state index contributed by atoms with van der Waals surface area (Å²) in [6, 6.07) is 4.52. The summed E-state index contributed by atoms with van der Waals surface area (Å²) in [5.74, 6) is 0.474. The minimum Gasteiger partial charge on any atom is -0.383 e. The van der Waals surface area contributed by atoms with Gasteiger partial charge in [-0.25, -0.2) is 0 Å². The largest absolute Gasteiger partial charge is 0.383 e. The van der Waals surface area contributed by atoms with Crippen molar-refractivity contribution in [2.75, 3.05) is 53.1 Å². The maximum atomic E-state index is 5.89. The van der Waals surface area contributed by atoms with Gasteiger partial charge in [-0.15, -0.1) is 11.3 Å². The van der Waals surface area contributed by atoms with Crippen LogP contribution in [0.4, 0.5) is 0 Å². The highest BCUT2D eigenvalue weighted by Crippen LogP contribution is 2.26. The Labute approximate surface area is 129 Å². The van der Waals surface area contributed by atoms with E-state index in [0.717, 1.165) is 26.3 Å². The summed E-state index contributed by atoms with van der Waals surface area (Å²) in [5.41, 5.74) is 5.89. The van der Waals surface area contributed by atoms with Gasteiger partial charge in [0.25, 0.3) is 0 Å². The number of morpholine rings is 1. The molecule has 2 heterocycles. The van der Waals surface area contributed by atoms with Gasteiger partial charge in [-0.2, -0.15) is 0 Å². The van der Waals surface area contributed by atoms with Crippen LogP contribution in [0.25, 0.3) is 0 Å². The Morgan fingerprint density at radius 3 is 3.05 bits per heavy atom. The van der Waals surface area contributed by atoms with Gasteiger partial charge in [-0.05, 0) is 11.4 Å². The number of guanidine groups is 1. The number of nitrogens with two attached hydrogens (primary N) is 1. The number of methoxy groups -OCH3 is 1. The molecular weight excluding hydrogens is 288 g/mol. The molecule has 1 aromatic heterocycles. The second-order valence-corrected chi connectivity index (χ2v) is 5.80. The monoisotopic (exact) mass is 312 g/mol. The molecular formula is C14H24N4O2S. The van der Waals surface area contributed by atoms with Crippen molar-refractivity contribution in [1.82, 2.24) is 10.2 Å². The minimum absolute atomic E-state index is 0.275. The van der Waals surface area contributed by atoms with Gasteiger partial charge < -0.3 is 20.5 Å². The number of thiophene rings is 1. The maximum absolute atomic E-state index is 5.89. The molecule has 7 heteroatoms. The summed E-state index contributed by atoms with van der Waals surface area (Å²) in [6.07, 6.45) is 0. The molecule has 0 aliphatic carbocycles. The van der Waals surface area contributed by atoms with E-state index in [-0.39, 0.29) is 6.04 Å². The summed E-state index contributed by atoms with van der Waals surface area (Å²) in [7, 11) is 1.67. The van der Waals surface area contributed by atoms with Gasteiger partial charge in [-0.1, -0.05) is 6.07 Å². The highest BCUT2D eigenvalue weighted by atomic mass is 32.1. The summed E-state index contributed by atoms with van der Waals surface area (Å²) in [5, 5.41) is 5.15. The third-order valence-corrected chi connectivity index (χ3v) is 4.38. The number of aliphatic imine (C=N–C) groups is 1. The Bertz CT molecular complexity index is 419. The standard InChI is InChI=1S/C14H24N4O2S/c1-19-7-4-16-14(15)17-11-12(13-3-2-10-21-13)18-5-8-20-9-6-18/h2-3,10,12H,4-9,11H2,1H3,(H3,15,16,17). The second kappa shape index (κ2) is 8.99. The number of hydrogen-bond donors (Lipinski definition) is 2. The lowest BCUT2D eigenvalue weighted by Gasteiger charge is -2.33. The zero-order valence-electron chi connectivity index (χ0n) is 12.5. The first kappa shape index (κ1) is 16.2. The van der Waals surface area contributed by atoms with Crippen molar-refractivity contribution in [3.8, 4) is 0 Å². The fourth-order valence-electron chi connectivity index (χ4n) is 2.28. The molecule has 1 fully saturated rings. The third kappa shape index (κ3) is 5.28. The Morgan fingerprint density at radius 1 is 1.57 bits per heavy atom. The van der Waals surface area contributed by atoms with Gasteiger partial charge in [0.05, 0.1) is 32.4 Å². The number of nitrogens with zero attached hydrogens (tertiary/aromatic N) is 2. The van der Waals surface area contributed by atoms with Crippen molar-refractivity contribution < 1.29 is 9.47 Å². The minimum atomic E-state index is 0.275. The molecule has 1 saturated heterocycles. The number of nitrogens with one attached hydrogen (secondary N) is 1. The van der Waals surface area contributed by atoms with E-state index >= 15 is 0 Å². The lowest BCUT2D eigenvalue weighted by molar-refractivity contribution is 0.0187. The van der Waals surface area contributed by atoms with Crippen LogP contribution >= 0.6 is 11.3 Å². The van der Waals surface area contributed by atoms with Gasteiger partial charge >= 0.3 is 0 Å². The molecule has 1 atom stereocenters. The van der Waals surface area contributed by atoms with E-state index in [2.05, 4.69) is 32.7 Å². The summed E-state index contributed by atoms with van der Waals surface area (Å²) in [6.45, 7) is 5.40. The molecule has 0 saturated carbocycles. The van der Waals surface area contributed by atoms with Crippen LogP contribution in [0.15, 0.2) is 22.5 Å². The normalized spacial score (nSPS) is 18.6. The van der Waals surface area contributed by atoms with E-state index in [1.165, 1.54) is 4.88 Å². The Kier molecular flexibility index (Phi) is 6.94. The van der Waals surface area contributed by atoms with Crippen molar-refractivity contribution >= 4 is 17.3 Å². The van der Waals surface area contributed by atoms with Crippen LogP contribution in [0, 0.1) is 0 Å². The molecule has 118 valence electrons. The molecule has 21 heavy (non-hydrogen) atoms. The third-order valence-electron chi connectivity index (χ3n) is 3.40. The quantitative estimate of drug-likeness (QED) is 0.440. The van der Waals surface area contributed by atoms with E-state index in [4.69, 9.17) is 15.2 Å². The first-order valence-electron chi connectivity index (χ1n) is 7.19. The van der Waals surface area contributed by atoms with E-state index in [1.54, 1.807) is 18.4 Å². The van der Waals surface area contributed by atoms with E-state index < -0.39 is 0 Å². The number of ether oxygens (including phenoxy) is 2. The Balaban J connectivity index is 1.94. The SMILES string of the molecule is COCCNC(N)=NCC(c1cccs1)N1CCOCC1. The predicted molar refractivity (Wildman–Crippen MR) is 85.8 cm³/mol. The summed E-state index contributed by atoms with van der Waals surface area (Å²) in [4.78, 5) is 8.22. The van der Waals surface area contributed by atoms with Gasteiger partial charge in [0.2, 0.25) is 0 Å². The molecule has 6 nitrogen and oxygen atoms in total. The first-order valence-corrected chi connectivity index (χ1v) is 8.07. The molecule has 1 aliphatic heterocycles. The molecule has 1 aromatic rings. The molecule has 0 spiro atoms. The van der Waals surface area contributed by atoms with Crippen molar-refractivity contribution in [3.63, 3.8) is 0 Å². The molecule has 3 N–H and O–H groups in total. The van der Waals surface area contributed by atoms with Crippen LogP contribution < -0.4 is 11.1 Å². The van der Waals surface area contributed by atoms with Gasteiger partial charge in [-0.3, -0.25) is 9.89 Å². The topological polar surface area (TPSA) is 72.1 Å². The zero-order chi connectivity index (χ0) is 14.9. The molecule has 1 unspecified atom stereocenters. The van der Waals surface area contributed by atoms with E-state index in [0.29, 0.717) is 25.7 Å². The average molecular weight is 312 g/mol. The fourth-order valence-corrected chi connectivity index (χ4v) is 3.13. The van der Waals surface area contributed by atoms with Gasteiger partial charge in [0, 0.05) is 31.6 Å². The average Bonchev–Trinajstić information content (AvgIpc) is 3.03. The molecule has 2 rings (SSSR count). The van der Waals surface area contributed by atoms with Crippen molar-refractivity contribution in [1.29, 1.82) is 0 Å². The first-order chi connectivity index (χ1) is 10.3. The van der Waals surface area contributed by atoms with Crippen LogP contribution in [0.3, 0.4) is 0 Å². The van der Waals surface area contributed by atoms with Crippen LogP contribution in [-0.2, 0) is 9.47 Å². The lowest BCUT2D eigenvalue weighted by atomic mass is 10.2. The van der Waals surface area contributed by atoms with Crippen LogP contribution in [0.5, 0.6) is 0 Å². The zero-order valence-corrected chi connectivity index (χ0v) is 13.3. The van der Waals surface area contributed by atoms with E-state index in [1.807, 2.05) is 0 Å². The molecule has 0 bridgehead atoms. The molecule has 0 radical (unpaired) electrons. The van der Waals surface area contributed by atoms with Crippen LogP contribution in [0.1, 0.15) is 10.9 Å². The van der Waals surface area contributed by atoms with Gasteiger partial charge in [0.1, 0.15) is 0 Å². The van der Waals surface area contributed by atoms with Crippen molar-refractivity contribution in [2.45, 2.75) is 6.04 Å². The summed E-state index contributed by atoms with van der Waals surface area (Å²) < 4.78 is 10.4. The van der Waals surface area contributed by atoms with E-state index in [9.17, 15) is 0 Å². The maximum Gasteiger partial charge on any atom is 0.188 e. The highest BCUT2D eigenvalue weighted by molar-refractivity contribution is 7.10. The summed E-state index contributed by atoms with van der Waals surface area (Å²) >= 11 is 1.76. The molecule has 0 amide bonds. The van der Waals surface area contributed by atoms with Crippen LogP contribution in [-0.4, -0.2) is 64.0 Å².